The van der Waals surface area contributed by atoms with E-state index in [1.807, 2.05) is 0 Å². The standard InChI is InChI=1S/C18H14ClN3O5/c19-10-4-5-13-9(6-10)7-14(20-13)18(27)22-21-17(26)11-2-1-3-15(23)12(11)8-16(24)25/h1-7,20,23H,8H2,(H,21,26)(H,22,27)(H,24,25). The number of H-pyrrole nitrogens is 1. The number of phenolic OH excluding ortho intramolecular Hbond substituents is 1. The number of aliphatic carboxylic acids is 1. The van der Waals surface area contributed by atoms with Crippen LogP contribution in [0.2, 0.25) is 5.02 Å². The SMILES string of the molecule is O=C(O)Cc1c(O)cccc1C(=O)NNC(=O)c1cc2cc(Cl)ccc2[nH]1. The zero-order valence-electron chi connectivity index (χ0n) is 13.7. The van der Waals surface area contributed by atoms with Crippen LogP contribution in [0.15, 0.2) is 42.5 Å². The van der Waals surface area contributed by atoms with E-state index in [0.29, 0.717) is 10.5 Å². The van der Waals surface area contributed by atoms with Gasteiger partial charge in [0.2, 0.25) is 0 Å². The Morgan fingerprint density at radius 1 is 1.04 bits per heavy atom. The first-order valence-electron chi connectivity index (χ1n) is 7.77. The second-order valence-corrected chi connectivity index (χ2v) is 6.13. The molecule has 0 unspecified atom stereocenters. The monoisotopic (exact) mass is 387 g/mol. The lowest BCUT2D eigenvalue weighted by Gasteiger charge is -2.11. The number of carboxylic acid groups (broad SMARTS) is 1. The molecule has 0 bridgehead atoms. The number of fused-ring (bicyclic) bond motifs is 1. The molecule has 0 aliphatic heterocycles. The van der Waals surface area contributed by atoms with Crippen LogP contribution in [0.25, 0.3) is 10.9 Å². The van der Waals surface area contributed by atoms with Gasteiger partial charge in [0.1, 0.15) is 11.4 Å². The second-order valence-electron chi connectivity index (χ2n) is 5.70. The summed E-state index contributed by atoms with van der Waals surface area (Å²) < 4.78 is 0. The summed E-state index contributed by atoms with van der Waals surface area (Å²) in [5.74, 6) is -2.87. The fourth-order valence-corrected chi connectivity index (χ4v) is 2.78. The predicted molar refractivity (Wildman–Crippen MR) is 97.7 cm³/mol. The highest BCUT2D eigenvalue weighted by Gasteiger charge is 2.18. The predicted octanol–water partition coefficient (Wildman–Crippen LogP) is 2.23. The first kappa shape index (κ1) is 18.3. The third-order valence-corrected chi connectivity index (χ3v) is 4.08. The quantitative estimate of drug-likeness (QED) is 0.438. The second kappa shape index (κ2) is 7.38. The van der Waals surface area contributed by atoms with Gasteiger partial charge in [0.15, 0.2) is 0 Å². The van der Waals surface area contributed by atoms with Crippen LogP contribution < -0.4 is 10.9 Å². The molecule has 0 spiro atoms. The molecule has 138 valence electrons. The zero-order chi connectivity index (χ0) is 19.6. The van der Waals surface area contributed by atoms with E-state index >= 15 is 0 Å². The Morgan fingerprint density at radius 3 is 2.52 bits per heavy atom. The van der Waals surface area contributed by atoms with Crippen molar-refractivity contribution in [2.45, 2.75) is 6.42 Å². The van der Waals surface area contributed by atoms with Crippen molar-refractivity contribution in [3.8, 4) is 5.75 Å². The fourth-order valence-electron chi connectivity index (χ4n) is 2.60. The number of hydrazine groups is 1. The van der Waals surface area contributed by atoms with Crippen LogP contribution in [0.1, 0.15) is 26.4 Å². The molecule has 2 aromatic carbocycles. The molecule has 3 aromatic rings. The number of nitrogens with one attached hydrogen (secondary N) is 3. The van der Waals surface area contributed by atoms with Crippen molar-refractivity contribution in [2.24, 2.45) is 0 Å². The number of hydrogen-bond donors (Lipinski definition) is 5. The van der Waals surface area contributed by atoms with E-state index < -0.39 is 24.2 Å². The third-order valence-electron chi connectivity index (χ3n) is 3.84. The number of aromatic hydroxyl groups is 1. The van der Waals surface area contributed by atoms with Crippen LogP contribution in [0, 0.1) is 0 Å². The number of carbonyl (C=O) groups is 3. The maximum Gasteiger partial charge on any atom is 0.307 e. The number of amides is 2. The topological polar surface area (TPSA) is 132 Å². The molecule has 27 heavy (non-hydrogen) atoms. The molecule has 8 nitrogen and oxygen atoms in total. The van der Waals surface area contributed by atoms with Crippen LogP contribution in [0.3, 0.4) is 0 Å². The molecule has 0 aliphatic carbocycles. The minimum atomic E-state index is -1.20. The molecule has 0 radical (unpaired) electrons. The number of rotatable bonds is 4. The van der Waals surface area contributed by atoms with E-state index in [2.05, 4.69) is 15.8 Å². The average Bonchev–Trinajstić information content (AvgIpc) is 3.04. The van der Waals surface area contributed by atoms with Crippen molar-refractivity contribution in [2.75, 3.05) is 0 Å². The van der Waals surface area contributed by atoms with Gasteiger partial charge in [-0.2, -0.15) is 0 Å². The van der Waals surface area contributed by atoms with Crippen molar-refractivity contribution in [3.63, 3.8) is 0 Å². The molecular weight excluding hydrogens is 374 g/mol. The summed E-state index contributed by atoms with van der Waals surface area (Å²) in [6.07, 6.45) is -0.536. The Labute approximate surface area is 157 Å². The molecule has 1 aromatic heterocycles. The van der Waals surface area contributed by atoms with E-state index in [9.17, 15) is 19.5 Å². The van der Waals surface area contributed by atoms with Crippen molar-refractivity contribution in [3.05, 3.63) is 64.3 Å². The number of phenols is 1. The fraction of sp³-hybridized carbons (Fsp3) is 0.0556. The molecule has 2 amide bonds. The molecule has 0 aliphatic rings. The molecule has 1 heterocycles. The summed E-state index contributed by atoms with van der Waals surface area (Å²) in [6.45, 7) is 0. The van der Waals surface area contributed by atoms with Gasteiger partial charge in [-0.3, -0.25) is 25.2 Å². The Kier molecular flexibility index (Phi) is 5.00. The average molecular weight is 388 g/mol. The molecule has 5 N–H and O–H groups in total. The summed E-state index contributed by atoms with van der Waals surface area (Å²) in [5.41, 5.74) is 5.25. The number of aromatic nitrogens is 1. The van der Waals surface area contributed by atoms with Crippen LogP contribution in [0.4, 0.5) is 0 Å². The first-order valence-corrected chi connectivity index (χ1v) is 8.14. The van der Waals surface area contributed by atoms with E-state index in [1.54, 1.807) is 24.3 Å². The van der Waals surface area contributed by atoms with Gasteiger partial charge in [-0.25, -0.2) is 0 Å². The van der Waals surface area contributed by atoms with Crippen molar-refractivity contribution >= 4 is 40.3 Å². The van der Waals surface area contributed by atoms with E-state index in [1.165, 1.54) is 18.2 Å². The van der Waals surface area contributed by atoms with Crippen molar-refractivity contribution in [1.82, 2.24) is 15.8 Å². The smallest absolute Gasteiger partial charge is 0.307 e. The van der Waals surface area contributed by atoms with Crippen LogP contribution in [0.5, 0.6) is 5.75 Å². The summed E-state index contributed by atoms with van der Waals surface area (Å²) in [7, 11) is 0. The molecule has 0 fully saturated rings. The normalized spacial score (nSPS) is 10.6. The van der Waals surface area contributed by atoms with E-state index in [-0.39, 0.29) is 22.6 Å². The minimum absolute atomic E-state index is 0.0444. The lowest BCUT2D eigenvalue weighted by Crippen LogP contribution is -2.42. The molecule has 0 atom stereocenters. The van der Waals surface area contributed by atoms with Crippen LogP contribution in [-0.4, -0.2) is 33.0 Å². The molecular formula is C18H14ClN3O5. The summed E-state index contributed by atoms with van der Waals surface area (Å²) >= 11 is 5.91. The summed E-state index contributed by atoms with van der Waals surface area (Å²) in [4.78, 5) is 38.3. The maximum atomic E-state index is 12.3. The van der Waals surface area contributed by atoms with Gasteiger partial charge in [0.25, 0.3) is 11.8 Å². The van der Waals surface area contributed by atoms with Gasteiger partial charge in [-0.15, -0.1) is 0 Å². The molecule has 0 saturated carbocycles. The Bertz CT molecular complexity index is 1060. The zero-order valence-corrected chi connectivity index (χ0v) is 14.5. The summed E-state index contributed by atoms with van der Waals surface area (Å²) in [6, 6.07) is 10.7. The van der Waals surface area contributed by atoms with Crippen molar-refractivity contribution < 1.29 is 24.6 Å². The number of halogens is 1. The lowest BCUT2D eigenvalue weighted by molar-refractivity contribution is -0.136. The first-order chi connectivity index (χ1) is 12.8. The number of hydrogen-bond acceptors (Lipinski definition) is 4. The molecule has 3 rings (SSSR count). The number of carbonyl (C=O) groups excluding carboxylic acids is 2. The number of benzene rings is 2. The van der Waals surface area contributed by atoms with Gasteiger partial charge in [-0.1, -0.05) is 17.7 Å². The lowest BCUT2D eigenvalue weighted by atomic mass is 10.0. The van der Waals surface area contributed by atoms with E-state index in [0.717, 1.165) is 5.39 Å². The largest absolute Gasteiger partial charge is 0.508 e. The Hall–Kier alpha value is -3.52. The number of aromatic amines is 1. The maximum absolute atomic E-state index is 12.3. The van der Waals surface area contributed by atoms with Gasteiger partial charge < -0.3 is 15.2 Å². The highest BCUT2D eigenvalue weighted by Crippen LogP contribution is 2.22. The van der Waals surface area contributed by atoms with Crippen LogP contribution >= 0.6 is 11.6 Å². The Balaban J connectivity index is 1.74. The van der Waals surface area contributed by atoms with E-state index in [4.69, 9.17) is 16.7 Å². The van der Waals surface area contributed by atoms with Gasteiger partial charge in [0.05, 0.1) is 6.42 Å². The van der Waals surface area contributed by atoms with Crippen molar-refractivity contribution in [1.29, 1.82) is 0 Å². The minimum Gasteiger partial charge on any atom is -0.508 e. The number of carboxylic acids is 1. The van der Waals surface area contributed by atoms with Gasteiger partial charge in [-0.05, 0) is 36.4 Å². The van der Waals surface area contributed by atoms with Gasteiger partial charge >= 0.3 is 5.97 Å². The highest BCUT2D eigenvalue weighted by atomic mass is 35.5. The third kappa shape index (κ3) is 4.01. The molecule has 9 heteroatoms. The highest BCUT2D eigenvalue weighted by molar-refractivity contribution is 6.31. The summed E-state index contributed by atoms with van der Waals surface area (Å²) in [5, 5.41) is 20.0. The van der Waals surface area contributed by atoms with Crippen LogP contribution in [-0.2, 0) is 11.2 Å². The Morgan fingerprint density at radius 2 is 1.78 bits per heavy atom. The van der Waals surface area contributed by atoms with Gasteiger partial charge in [0, 0.05) is 27.1 Å². The molecule has 0 saturated heterocycles.